The first-order valence-electron chi connectivity index (χ1n) is 11.1. The number of hydrogen-bond donors (Lipinski definition) is 2. The number of nitrogens with zero attached hydrogens (tertiary/aromatic N) is 3. The largest absolute Gasteiger partial charge is 0.432 e. The summed E-state index contributed by atoms with van der Waals surface area (Å²) in [5.41, 5.74) is 2.84. The Morgan fingerprint density at radius 3 is 2.44 bits per heavy atom. The molecule has 0 amide bonds. The van der Waals surface area contributed by atoms with Crippen LogP contribution in [0.25, 0.3) is 10.6 Å². The van der Waals surface area contributed by atoms with Crippen LogP contribution in [-0.4, -0.2) is 23.3 Å². The topological polar surface area (TPSA) is 81.8 Å². The first kappa shape index (κ1) is 26.3. The van der Waals surface area contributed by atoms with E-state index < -0.39 is 8.32 Å². The van der Waals surface area contributed by atoms with Crippen molar-refractivity contribution in [2.75, 3.05) is 5.32 Å². The summed E-state index contributed by atoms with van der Waals surface area (Å²) in [4.78, 5) is 10.9. The number of hydrogen-bond acceptors (Lipinski definition) is 6. The summed E-state index contributed by atoms with van der Waals surface area (Å²) in [5.74, 6) is -0.204. The van der Waals surface area contributed by atoms with Crippen LogP contribution < -0.4 is 5.32 Å². The van der Waals surface area contributed by atoms with Crippen LogP contribution in [0.1, 0.15) is 49.4 Å². The standard InChI is InChI=1S/C25H30ClFN4OSSi/c1-15(13-25(3,4)34(5,6)32)22(29-20-12-9-18(14-28)21(26)16(20)2)24-31-30-23(33-24)17-7-10-19(27)11-8-17/h7-12,15,22,29,32H,13H2,1-6H3/t15-,22+/m0/s1. The normalized spacial score (nSPS) is 13.9. The third-order valence-corrected chi connectivity index (χ3v) is 11.7. The van der Waals surface area contributed by atoms with Crippen LogP contribution in [0.5, 0.6) is 0 Å². The molecule has 1 heterocycles. The molecular formula is C25H30ClFN4OSSi. The molecule has 0 aliphatic rings. The lowest BCUT2D eigenvalue weighted by Gasteiger charge is -2.39. The van der Waals surface area contributed by atoms with E-state index in [0.717, 1.165) is 28.2 Å². The van der Waals surface area contributed by atoms with Gasteiger partial charge in [-0.15, -0.1) is 10.2 Å². The van der Waals surface area contributed by atoms with Crippen molar-refractivity contribution in [1.29, 1.82) is 5.26 Å². The number of nitrogens with one attached hydrogen (secondary N) is 1. The Morgan fingerprint density at radius 2 is 1.85 bits per heavy atom. The molecule has 5 nitrogen and oxygen atoms in total. The van der Waals surface area contributed by atoms with Gasteiger partial charge >= 0.3 is 0 Å². The molecule has 180 valence electrons. The molecule has 0 aliphatic carbocycles. The molecule has 3 aromatic rings. The number of anilines is 1. The van der Waals surface area contributed by atoms with Gasteiger partial charge in [0.1, 0.15) is 21.9 Å². The zero-order chi connectivity index (χ0) is 25.3. The third-order valence-electron chi connectivity index (χ3n) is 6.67. The zero-order valence-corrected chi connectivity index (χ0v) is 22.9. The van der Waals surface area contributed by atoms with Gasteiger partial charge in [0.25, 0.3) is 0 Å². The molecule has 0 saturated heterocycles. The Hall–Kier alpha value is -2.31. The van der Waals surface area contributed by atoms with Crippen molar-refractivity contribution in [2.45, 2.75) is 58.3 Å². The van der Waals surface area contributed by atoms with E-state index in [9.17, 15) is 14.4 Å². The quantitative estimate of drug-likeness (QED) is 0.306. The van der Waals surface area contributed by atoms with Crippen molar-refractivity contribution >= 4 is 36.9 Å². The molecule has 34 heavy (non-hydrogen) atoms. The van der Waals surface area contributed by atoms with Gasteiger partial charge in [-0.3, -0.25) is 0 Å². The van der Waals surface area contributed by atoms with E-state index in [0.29, 0.717) is 15.6 Å². The molecule has 0 bridgehead atoms. The Kier molecular flexibility index (Phi) is 7.83. The first-order chi connectivity index (χ1) is 15.8. The lowest BCUT2D eigenvalue weighted by molar-refractivity contribution is 0.362. The minimum absolute atomic E-state index is 0.0942. The molecule has 2 aromatic carbocycles. The predicted octanol–water partition coefficient (Wildman–Crippen LogP) is 7.33. The van der Waals surface area contributed by atoms with Crippen LogP contribution in [0.3, 0.4) is 0 Å². The first-order valence-corrected chi connectivity index (χ1v) is 15.3. The van der Waals surface area contributed by atoms with Crippen molar-refractivity contribution in [3.8, 4) is 16.6 Å². The van der Waals surface area contributed by atoms with Gasteiger partial charge in [-0.05, 0) is 79.4 Å². The van der Waals surface area contributed by atoms with E-state index in [1.807, 2.05) is 26.1 Å². The molecule has 3 rings (SSSR count). The molecule has 0 radical (unpaired) electrons. The second kappa shape index (κ2) is 10.1. The molecule has 1 aromatic heterocycles. The van der Waals surface area contributed by atoms with Crippen LogP contribution in [0.4, 0.5) is 10.1 Å². The lowest BCUT2D eigenvalue weighted by atomic mass is 9.91. The maximum atomic E-state index is 13.4. The van der Waals surface area contributed by atoms with Gasteiger partial charge in [0.15, 0.2) is 8.32 Å². The third kappa shape index (κ3) is 5.66. The molecule has 0 unspecified atom stereocenters. The highest BCUT2D eigenvalue weighted by Crippen LogP contribution is 2.46. The highest BCUT2D eigenvalue weighted by Gasteiger charge is 2.41. The number of rotatable bonds is 8. The molecule has 0 fully saturated rings. The van der Waals surface area contributed by atoms with Gasteiger partial charge in [-0.2, -0.15) is 5.26 Å². The second-order valence-electron chi connectivity index (χ2n) is 9.91. The van der Waals surface area contributed by atoms with Gasteiger partial charge in [0, 0.05) is 11.3 Å². The Morgan fingerprint density at radius 1 is 1.21 bits per heavy atom. The number of aromatic nitrogens is 2. The van der Waals surface area contributed by atoms with Crippen LogP contribution >= 0.6 is 22.9 Å². The van der Waals surface area contributed by atoms with Crippen molar-refractivity contribution in [2.24, 2.45) is 5.92 Å². The van der Waals surface area contributed by atoms with E-state index in [-0.39, 0.29) is 22.8 Å². The highest BCUT2D eigenvalue weighted by molar-refractivity contribution is 7.14. The average Bonchev–Trinajstić information content (AvgIpc) is 3.24. The number of benzene rings is 2. The Bertz CT molecular complexity index is 1200. The molecule has 9 heteroatoms. The van der Waals surface area contributed by atoms with Crippen LogP contribution in [0.15, 0.2) is 36.4 Å². The maximum absolute atomic E-state index is 13.4. The van der Waals surface area contributed by atoms with Gasteiger partial charge in [0.05, 0.1) is 16.6 Å². The van der Waals surface area contributed by atoms with Crippen molar-refractivity contribution < 1.29 is 9.19 Å². The SMILES string of the molecule is Cc1c(N[C@@H](c2nnc(-c3ccc(F)cc3)s2)[C@@H](C)CC(C)(C)[Si](C)(C)O)ccc(C#N)c1Cl. The van der Waals surface area contributed by atoms with E-state index in [2.05, 4.69) is 42.4 Å². The van der Waals surface area contributed by atoms with E-state index in [4.69, 9.17) is 11.6 Å². The van der Waals surface area contributed by atoms with Crippen molar-refractivity contribution in [3.05, 3.63) is 63.4 Å². The van der Waals surface area contributed by atoms with E-state index >= 15 is 0 Å². The highest BCUT2D eigenvalue weighted by atomic mass is 35.5. The summed E-state index contributed by atoms with van der Waals surface area (Å²) in [6, 6.07) is 11.7. The lowest BCUT2D eigenvalue weighted by Crippen LogP contribution is -2.40. The smallest absolute Gasteiger partial charge is 0.188 e. The van der Waals surface area contributed by atoms with Gasteiger partial charge in [-0.25, -0.2) is 4.39 Å². The van der Waals surface area contributed by atoms with Crippen molar-refractivity contribution in [3.63, 3.8) is 0 Å². The van der Waals surface area contributed by atoms with Gasteiger partial charge in [-0.1, -0.05) is 43.7 Å². The minimum Gasteiger partial charge on any atom is -0.432 e. The molecular weight excluding hydrogens is 487 g/mol. The van der Waals surface area contributed by atoms with Gasteiger partial charge in [0.2, 0.25) is 0 Å². The monoisotopic (exact) mass is 516 g/mol. The average molecular weight is 517 g/mol. The van der Waals surface area contributed by atoms with Crippen LogP contribution in [0, 0.1) is 30.0 Å². The minimum atomic E-state index is -2.42. The Balaban J connectivity index is 2.00. The molecule has 0 saturated carbocycles. The van der Waals surface area contributed by atoms with E-state index in [1.54, 1.807) is 18.2 Å². The summed E-state index contributed by atoms with van der Waals surface area (Å²) in [6.45, 7) is 12.2. The van der Waals surface area contributed by atoms with Crippen LogP contribution in [-0.2, 0) is 0 Å². The fourth-order valence-electron chi connectivity index (χ4n) is 3.78. The summed E-state index contributed by atoms with van der Waals surface area (Å²) in [7, 11) is -2.42. The summed E-state index contributed by atoms with van der Waals surface area (Å²) >= 11 is 7.88. The fourth-order valence-corrected chi connectivity index (χ4v) is 5.85. The Labute approximate surface area is 210 Å². The molecule has 2 atom stereocenters. The van der Waals surface area contributed by atoms with E-state index in [1.165, 1.54) is 23.5 Å². The molecule has 0 spiro atoms. The van der Waals surface area contributed by atoms with Crippen LogP contribution in [0.2, 0.25) is 23.2 Å². The van der Waals surface area contributed by atoms with Gasteiger partial charge < -0.3 is 10.1 Å². The molecule has 0 aliphatic heterocycles. The summed E-state index contributed by atoms with van der Waals surface area (Å²) in [5, 5.41) is 23.4. The summed E-state index contributed by atoms with van der Waals surface area (Å²) in [6.07, 6.45) is 0.773. The maximum Gasteiger partial charge on any atom is 0.188 e. The molecule has 2 N–H and O–H groups in total. The fraction of sp³-hybridized carbons (Fsp3) is 0.400. The predicted molar refractivity (Wildman–Crippen MR) is 140 cm³/mol. The van der Waals surface area contributed by atoms with Crippen molar-refractivity contribution in [1.82, 2.24) is 10.2 Å². The number of halogens is 2. The zero-order valence-electron chi connectivity index (χ0n) is 20.3. The second-order valence-corrected chi connectivity index (χ2v) is 15.8. The number of nitriles is 1. The summed E-state index contributed by atoms with van der Waals surface area (Å²) < 4.78 is 13.4.